The number of amides is 2. The number of piperidine rings is 1. The van der Waals surface area contributed by atoms with Gasteiger partial charge in [-0.05, 0) is 54.9 Å². The van der Waals surface area contributed by atoms with Crippen molar-refractivity contribution in [1.82, 2.24) is 9.88 Å². The van der Waals surface area contributed by atoms with Gasteiger partial charge in [0.2, 0.25) is 11.8 Å². The molecule has 2 aliphatic rings. The van der Waals surface area contributed by atoms with Gasteiger partial charge in [0.25, 0.3) is 0 Å². The van der Waals surface area contributed by atoms with E-state index < -0.39 is 5.41 Å². The highest BCUT2D eigenvalue weighted by Crippen LogP contribution is 2.37. The topological polar surface area (TPSA) is 76.3 Å². The van der Waals surface area contributed by atoms with Crippen LogP contribution >= 0.6 is 0 Å². The Bertz CT molecular complexity index is 846. The van der Waals surface area contributed by atoms with Crippen molar-refractivity contribution < 1.29 is 9.59 Å². The van der Waals surface area contributed by atoms with Gasteiger partial charge in [-0.2, -0.15) is 0 Å². The predicted octanol–water partition coefficient (Wildman–Crippen LogP) is 3.19. The van der Waals surface area contributed by atoms with E-state index in [0.29, 0.717) is 13.0 Å². The Morgan fingerprint density at radius 2 is 1.89 bits per heavy atom. The Labute approximate surface area is 165 Å². The van der Waals surface area contributed by atoms with Crippen molar-refractivity contribution in [2.24, 2.45) is 17.1 Å². The lowest BCUT2D eigenvalue weighted by Crippen LogP contribution is -2.54. The fourth-order valence-corrected chi connectivity index (χ4v) is 4.41. The summed E-state index contributed by atoms with van der Waals surface area (Å²) in [4.78, 5) is 31.2. The van der Waals surface area contributed by atoms with Gasteiger partial charge in [-0.15, -0.1) is 0 Å². The first kappa shape index (κ1) is 18.7. The molecule has 0 bridgehead atoms. The molecular formula is C23H27N3O2. The molecular weight excluding hydrogens is 350 g/mol. The summed E-state index contributed by atoms with van der Waals surface area (Å²) in [5.41, 5.74) is 8.43. The molecule has 1 aromatic carbocycles. The van der Waals surface area contributed by atoms with Gasteiger partial charge >= 0.3 is 0 Å². The Morgan fingerprint density at radius 1 is 1.11 bits per heavy atom. The highest BCUT2D eigenvalue weighted by molar-refractivity contribution is 5.84. The smallest absolute Gasteiger partial charge is 0.225 e. The number of carbonyl (C=O) groups excluding carboxylic acids is 2. The molecule has 0 spiro atoms. The zero-order valence-corrected chi connectivity index (χ0v) is 16.1. The van der Waals surface area contributed by atoms with E-state index in [2.05, 4.69) is 29.2 Å². The molecule has 1 aliphatic heterocycles. The second-order valence-electron chi connectivity index (χ2n) is 8.25. The van der Waals surface area contributed by atoms with Crippen molar-refractivity contribution in [1.29, 1.82) is 0 Å². The van der Waals surface area contributed by atoms with E-state index in [9.17, 15) is 9.59 Å². The van der Waals surface area contributed by atoms with Crippen LogP contribution in [0.1, 0.15) is 37.7 Å². The Morgan fingerprint density at radius 3 is 2.50 bits per heavy atom. The summed E-state index contributed by atoms with van der Waals surface area (Å²) in [6.45, 7) is 1.19. The number of aromatic nitrogens is 1. The minimum Gasteiger partial charge on any atom is -0.369 e. The Hall–Kier alpha value is -2.69. The van der Waals surface area contributed by atoms with Gasteiger partial charge < -0.3 is 10.6 Å². The maximum absolute atomic E-state index is 12.7. The van der Waals surface area contributed by atoms with Crippen molar-refractivity contribution in [3.05, 3.63) is 54.4 Å². The molecule has 2 N–H and O–H groups in total. The number of hydrogen-bond donors (Lipinski definition) is 1. The number of rotatable bonds is 5. The van der Waals surface area contributed by atoms with Crippen LogP contribution in [-0.2, 0) is 16.0 Å². The molecule has 146 valence electrons. The van der Waals surface area contributed by atoms with Crippen molar-refractivity contribution in [2.45, 2.75) is 38.5 Å². The molecule has 4 rings (SSSR count). The maximum atomic E-state index is 12.7. The van der Waals surface area contributed by atoms with Crippen molar-refractivity contribution >= 4 is 11.8 Å². The molecule has 2 fully saturated rings. The van der Waals surface area contributed by atoms with Crippen LogP contribution in [-0.4, -0.2) is 34.8 Å². The zero-order valence-electron chi connectivity index (χ0n) is 16.1. The van der Waals surface area contributed by atoms with Gasteiger partial charge in [-0.25, -0.2) is 0 Å². The number of pyridine rings is 1. The first-order valence-corrected chi connectivity index (χ1v) is 10.2. The number of carbonyl (C=O) groups is 2. The largest absolute Gasteiger partial charge is 0.369 e. The molecule has 1 saturated heterocycles. The summed E-state index contributed by atoms with van der Waals surface area (Å²) >= 11 is 0. The summed E-state index contributed by atoms with van der Waals surface area (Å²) in [6, 6.07) is 12.2. The lowest BCUT2D eigenvalue weighted by atomic mass is 9.73. The molecule has 2 aromatic rings. The van der Waals surface area contributed by atoms with Gasteiger partial charge in [0.1, 0.15) is 0 Å². The summed E-state index contributed by atoms with van der Waals surface area (Å²) in [5, 5.41) is 0. The molecule has 1 unspecified atom stereocenters. The van der Waals surface area contributed by atoms with E-state index in [4.69, 9.17) is 5.73 Å². The lowest BCUT2D eigenvalue weighted by molar-refractivity contribution is -0.145. The van der Waals surface area contributed by atoms with Gasteiger partial charge in [0.15, 0.2) is 0 Å². The SMILES string of the molecule is NC(=O)C1(Cc2ccc(-c3cccnc3)cc2)CCCN(C(=O)C2CCC2)C1. The van der Waals surface area contributed by atoms with Crippen LogP contribution < -0.4 is 5.73 Å². The van der Waals surface area contributed by atoms with Crippen LogP contribution in [0.5, 0.6) is 0 Å². The standard InChI is InChI=1S/C23H27N3O2/c24-22(28)23(11-3-13-26(16-23)21(27)19-4-1-5-19)14-17-7-9-18(10-8-17)20-6-2-12-25-15-20/h2,6-10,12,15,19H,1,3-5,11,13-14,16H2,(H2,24,28). The van der Waals surface area contributed by atoms with Crippen molar-refractivity contribution in [2.75, 3.05) is 13.1 Å². The van der Waals surface area contributed by atoms with Crippen molar-refractivity contribution in [3.8, 4) is 11.1 Å². The maximum Gasteiger partial charge on any atom is 0.225 e. The minimum atomic E-state index is -0.673. The van der Waals surface area contributed by atoms with Crippen LogP contribution in [0.3, 0.4) is 0 Å². The molecule has 1 aromatic heterocycles. The van der Waals surface area contributed by atoms with Crippen LogP contribution in [0.25, 0.3) is 11.1 Å². The highest BCUT2D eigenvalue weighted by Gasteiger charge is 2.43. The number of primary amides is 1. The predicted molar refractivity (Wildman–Crippen MR) is 108 cm³/mol. The van der Waals surface area contributed by atoms with E-state index in [0.717, 1.165) is 55.3 Å². The summed E-state index contributed by atoms with van der Waals surface area (Å²) in [6.07, 6.45) is 8.83. The quantitative estimate of drug-likeness (QED) is 0.869. The molecule has 1 aliphatic carbocycles. The minimum absolute atomic E-state index is 0.155. The van der Waals surface area contributed by atoms with E-state index in [1.165, 1.54) is 0 Å². The lowest BCUT2D eigenvalue weighted by Gasteiger charge is -2.43. The Kier molecular flexibility index (Phi) is 5.16. The van der Waals surface area contributed by atoms with Crippen molar-refractivity contribution in [3.63, 3.8) is 0 Å². The van der Waals surface area contributed by atoms with E-state index in [1.807, 2.05) is 23.2 Å². The summed E-state index contributed by atoms with van der Waals surface area (Å²) < 4.78 is 0. The van der Waals surface area contributed by atoms with E-state index in [1.54, 1.807) is 6.20 Å². The first-order chi connectivity index (χ1) is 13.6. The van der Waals surface area contributed by atoms with Crippen LogP contribution in [0.4, 0.5) is 0 Å². The highest BCUT2D eigenvalue weighted by atomic mass is 16.2. The molecule has 28 heavy (non-hydrogen) atoms. The third kappa shape index (κ3) is 3.66. The summed E-state index contributed by atoms with van der Waals surface area (Å²) in [7, 11) is 0. The van der Waals surface area contributed by atoms with Gasteiger partial charge in [0, 0.05) is 31.4 Å². The number of likely N-dealkylation sites (tertiary alicyclic amines) is 1. The molecule has 1 saturated carbocycles. The first-order valence-electron chi connectivity index (χ1n) is 10.2. The van der Waals surface area contributed by atoms with Crippen LogP contribution in [0, 0.1) is 11.3 Å². The fourth-order valence-electron chi connectivity index (χ4n) is 4.41. The van der Waals surface area contributed by atoms with Gasteiger partial charge in [0.05, 0.1) is 5.41 Å². The third-order valence-corrected chi connectivity index (χ3v) is 6.36. The molecule has 0 radical (unpaired) electrons. The number of nitrogens with zero attached hydrogens (tertiary/aromatic N) is 2. The zero-order chi connectivity index (χ0) is 19.6. The third-order valence-electron chi connectivity index (χ3n) is 6.36. The molecule has 5 nitrogen and oxygen atoms in total. The number of hydrogen-bond acceptors (Lipinski definition) is 3. The normalized spacial score (nSPS) is 22.5. The molecule has 2 amide bonds. The Balaban J connectivity index is 1.51. The average molecular weight is 377 g/mol. The van der Waals surface area contributed by atoms with E-state index in [-0.39, 0.29) is 17.7 Å². The monoisotopic (exact) mass is 377 g/mol. The van der Waals surface area contributed by atoms with Crippen LogP contribution in [0.2, 0.25) is 0 Å². The average Bonchev–Trinajstić information content (AvgIpc) is 2.68. The summed E-state index contributed by atoms with van der Waals surface area (Å²) in [5.74, 6) is 0.0703. The van der Waals surface area contributed by atoms with Crippen LogP contribution in [0.15, 0.2) is 48.8 Å². The number of nitrogens with two attached hydrogens (primary N) is 1. The fraction of sp³-hybridized carbons (Fsp3) is 0.435. The van der Waals surface area contributed by atoms with Gasteiger partial charge in [-0.1, -0.05) is 36.8 Å². The molecule has 2 heterocycles. The second-order valence-corrected chi connectivity index (χ2v) is 8.25. The number of benzene rings is 1. The molecule has 5 heteroatoms. The van der Waals surface area contributed by atoms with Gasteiger partial charge in [-0.3, -0.25) is 14.6 Å². The molecule has 1 atom stereocenters. The van der Waals surface area contributed by atoms with E-state index >= 15 is 0 Å². The second kappa shape index (κ2) is 7.74.